The monoisotopic (exact) mass is 374 g/mol. The van der Waals surface area contributed by atoms with Crippen molar-refractivity contribution in [1.82, 2.24) is 0 Å². The first-order chi connectivity index (χ1) is 13.5. The summed E-state index contributed by atoms with van der Waals surface area (Å²) in [5.41, 5.74) is 5.66. The molecule has 3 aromatic rings. The molecule has 0 heterocycles. The molecule has 5 heteroatoms. The summed E-state index contributed by atoms with van der Waals surface area (Å²) in [5.74, 6) is -0.525. The molecule has 0 saturated heterocycles. The summed E-state index contributed by atoms with van der Waals surface area (Å²) in [5, 5.41) is 6.13. The van der Waals surface area contributed by atoms with Gasteiger partial charge in [-0.2, -0.15) is 0 Å². The van der Waals surface area contributed by atoms with Crippen molar-refractivity contribution >= 4 is 28.9 Å². The lowest BCUT2D eigenvalue weighted by atomic mass is 10.1. The lowest BCUT2D eigenvalue weighted by Crippen LogP contribution is -2.12. The zero-order chi connectivity index (χ0) is 20.1. The molecule has 0 aliphatic heterocycles. The van der Waals surface area contributed by atoms with Crippen molar-refractivity contribution in [3.05, 3.63) is 89.0 Å². The van der Waals surface area contributed by atoms with E-state index >= 15 is 0 Å². The van der Waals surface area contributed by atoms with Crippen LogP contribution in [0.2, 0.25) is 0 Å². The summed E-state index contributed by atoms with van der Waals surface area (Å²) < 4.78 is 4.74. The number of ether oxygens (including phenoxy) is 1. The Labute approximate surface area is 164 Å². The van der Waals surface area contributed by atoms with Crippen LogP contribution in [-0.2, 0) is 4.74 Å². The summed E-state index contributed by atoms with van der Waals surface area (Å²) in [6, 6.07) is 20.1. The normalized spacial score (nSPS) is 10.2. The Morgan fingerprint density at radius 3 is 2.14 bits per heavy atom. The largest absolute Gasteiger partial charge is 0.465 e. The molecule has 0 aliphatic rings. The third-order valence-corrected chi connectivity index (χ3v) is 4.48. The molecule has 0 fully saturated rings. The molecular weight excluding hydrogens is 352 g/mol. The van der Waals surface area contributed by atoms with E-state index in [-0.39, 0.29) is 11.9 Å². The zero-order valence-electron chi connectivity index (χ0n) is 16.1. The van der Waals surface area contributed by atoms with Gasteiger partial charge in [0.05, 0.1) is 12.7 Å². The van der Waals surface area contributed by atoms with Crippen molar-refractivity contribution < 1.29 is 14.3 Å². The third kappa shape index (κ3) is 4.57. The highest BCUT2D eigenvalue weighted by Crippen LogP contribution is 2.21. The molecule has 0 unspecified atom stereocenters. The van der Waals surface area contributed by atoms with Gasteiger partial charge in [-0.15, -0.1) is 0 Å². The fourth-order valence-corrected chi connectivity index (χ4v) is 2.73. The van der Waals surface area contributed by atoms with E-state index in [0.717, 1.165) is 22.5 Å². The van der Waals surface area contributed by atoms with E-state index in [1.807, 2.05) is 62.4 Å². The Bertz CT molecular complexity index is 1010. The molecule has 0 radical (unpaired) electrons. The number of hydrogen-bond acceptors (Lipinski definition) is 4. The highest BCUT2D eigenvalue weighted by atomic mass is 16.5. The van der Waals surface area contributed by atoms with Crippen LogP contribution in [0.5, 0.6) is 0 Å². The molecule has 28 heavy (non-hydrogen) atoms. The molecule has 142 valence electrons. The van der Waals surface area contributed by atoms with Crippen molar-refractivity contribution in [3.8, 4) is 0 Å². The molecule has 2 N–H and O–H groups in total. The van der Waals surface area contributed by atoms with Crippen molar-refractivity contribution in [1.29, 1.82) is 0 Å². The van der Waals surface area contributed by atoms with E-state index in [2.05, 4.69) is 10.6 Å². The summed E-state index contributed by atoms with van der Waals surface area (Å²) >= 11 is 0. The molecule has 0 aliphatic carbocycles. The number of amides is 1. The van der Waals surface area contributed by atoms with Gasteiger partial charge in [0.15, 0.2) is 0 Å². The van der Waals surface area contributed by atoms with Crippen LogP contribution >= 0.6 is 0 Å². The lowest BCUT2D eigenvalue weighted by molar-refractivity contribution is 0.0600. The number of rotatable bonds is 5. The maximum Gasteiger partial charge on any atom is 0.337 e. The van der Waals surface area contributed by atoms with Gasteiger partial charge in [-0.05, 0) is 79.6 Å². The Morgan fingerprint density at radius 2 is 1.46 bits per heavy atom. The molecule has 0 saturated carbocycles. The van der Waals surface area contributed by atoms with Gasteiger partial charge in [-0.1, -0.05) is 12.1 Å². The zero-order valence-corrected chi connectivity index (χ0v) is 16.1. The maximum absolute atomic E-state index is 12.4. The van der Waals surface area contributed by atoms with Gasteiger partial charge >= 0.3 is 5.97 Å². The number of esters is 1. The minimum atomic E-state index is -0.381. The average Bonchev–Trinajstić information content (AvgIpc) is 2.71. The average molecular weight is 374 g/mol. The molecule has 0 aromatic heterocycles. The smallest absolute Gasteiger partial charge is 0.337 e. The fourth-order valence-electron chi connectivity index (χ4n) is 2.73. The summed E-state index contributed by atoms with van der Waals surface area (Å²) in [7, 11) is 1.35. The van der Waals surface area contributed by atoms with E-state index in [0.29, 0.717) is 16.8 Å². The number of carbonyl (C=O) groups is 2. The van der Waals surface area contributed by atoms with Crippen LogP contribution in [0.4, 0.5) is 17.1 Å². The van der Waals surface area contributed by atoms with Crippen LogP contribution in [-0.4, -0.2) is 19.0 Å². The van der Waals surface area contributed by atoms with E-state index in [1.165, 1.54) is 7.11 Å². The van der Waals surface area contributed by atoms with Gasteiger partial charge in [0.1, 0.15) is 0 Å². The van der Waals surface area contributed by atoms with Gasteiger partial charge < -0.3 is 15.4 Å². The predicted molar refractivity (Wildman–Crippen MR) is 111 cm³/mol. The van der Waals surface area contributed by atoms with Crippen molar-refractivity contribution in [2.45, 2.75) is 13.8 Å². The SMILES string of the molecule is COC(=O)c1cccc(Nc2ccc(NC(=O)c3ccc(C)c(C)c3)cc2)c1. The van der Waals surface area contributed by atoms with Gasteiger partial charge in [-0.3, -0.25) is 4.79 Å². The van der Waals surface area contributed by atoms with Crippen LogP contribution in [0.15, 0.2) is 66.7 Å². The topological polar surface area (TPSA) is 67.4 Å². The van der Waals surface area contributed by atoms with Gasteiger partial charge in [-0.25, -0.2) is 4.79 Å². The van der Waals surface area contributed by atoms with Crippen molar-refractivity contribution in [2.75, 3.05) is 17.7 Å². The van der Waals surface area contributed by atoms with E-state index in [9.17, 15) is 9.59 Å². The second kappa shape index (κ2) is 8.39. The number of benzene rings is 3. The van der Waals surface area contributed by atoms with Crippen LogP contribution < -0.4 is 10.6 Å². The quantitative estimate of drug-likeness (QED) is 0.611. The highest BCUT2D eigenvalue weighted by molar-refractivity contribution is 6.04. The first kappa shape index (κ1) is 19.2. The predicted octanol–water partition coefficient (Wildman–Crippen LogP) is 5.09. The first-order valence-corrected chi connectivity index (χ1v) is 8.90. The standard InChI is InChI=1S/C23H22N2O3/c1-15-7-8-17(13-16(15)2)22(26)25-20-11-9-19(10-12-20)24-21-6-4-5-18(14-21)23(27)28-3/h4-14,24H,1-3H3,(H,25,26). The van der Waals surface area contributed by atoms with E-state index in [4.69, 9.17) is 4.74 Å². The van der Waals surface area contributed by atoms with Crippen molar-refractivity contribution in [2.24, 2.45) is 0 Å². The minimum absolute atomic E-state index is 0.144. The Hall–Kier alpha value is -3.60. The van der Waals surface area contributed by atoms with E-state index in [1.54, 1.807) is 18.2 Å². The molecule has 0 atom stereocenters. The number of aryl methyl sites for hydroxylation is 2. The van der Waals surface area contributed by atoms with Gasteiger partial charge in [0.2, 0.25) is 0 Å². The van der Waals surface area contributed by atoms with Crippen LogP contribution in [0.3, 0.4) is 0 Å². The fraction of sp³-hybridized carbons (Fsp3) is 0.130. The van der Waals surface area contributed by atoms with Gasteiger partial charge in [0.25, 0.3) is 5.91 Å². The van der Waals surface area contributed by atoms with Crippen LogP contribution in [0, 0.1) is 13.8 Å². The summed E-state index contributed by atoms with van der Waals surface area (Å²) in [6.07, 6.45) is 0. The summed E-state index contributed by atoms with van der Waals surface area (Å²) in [4.78, 5) is 24.0. The van der Waals surface area contributed by atoms with Crippen molar-refractivity contribution in [3.63, 3.8) is 0 Å². The van der Waals surface area contributed by atoms with Gasteiger partial charge in [0, 0.05) is 22.6 Å². The second-order valence-corrected chi connectivity index (χ2v) is 6.53. The highest BCUT2D eigenvalue weighted by Gasteiger charge is 2.08. The molecule has 1 amide bonds. The third-order valence-electron chi connectivity index (χ3n) is 4.48. The molecular formula is C23H22N2O3. The lowest BCUT2D eigenvalue weighted by Gasteiger charge is -2.10. The Morgan fingerprint density at radius 1 is 0.750 bits per heavy atom. The number of carbonyl (C=O) groups excluding carboxylic acids is 2. The Kier molecular flexibility index (Phi) is 5.75. The Balaban J connectivity index is 1.67. The summed E-state index contributed by atoms with van der Waals surface area (Å²) in [6.45, 7) is 4.01. The minimum Gasteiger partial charge on any atom is -0.465 e. The number of nitrogens with one attached hydrogen (secondary N) is 2. The molecule has 5 nitrogen and oxygen atoms in total. The first-order valence-electron chi connectivity index (χ1n) is 8.90. The molecule has 0 spiro atoms. The molecule has 0 bridgehead atoms. The van der Waals surface area contributed by atoms with E-state index < -0.39 is 0 Å². The maximum atomic E-state index is 12.4. The second-order valence-electron chi connectivity index (χ2n) is 6.53. The van der Waals surface area contributed by atoms with Crippen LogP contribution in [0.1, 0.15) is 31.8 Å². The number of anilines is 3. The van der Waals surface area contributed by atoms with Crippen LogP contribution in [0.25, 0.3) is 0 Å². The molecule has 3 rings (SSSR count). The number of methoxy groups -OCH3 is 1. The molecule has 3 aromatic carbocycles. The number of hydrogen-bond donors (Lipinski definition) is 2.